The summed E-state index contributed by atoms with van der Waals surface area (Å²) in [5.74, 6) is 0. The maximum absolute atomic E-state index is 10.8. The number of aryl methyl sites for hydroxylation is 1. The molecule has 13 heavy (non-hydrogen) atoms. The fourth-order valence-corrected chi connectivity index (χ4v) is 1.02. The van der Waals surface area contributed by atoms with Gasteiger partial charge in [0.2, 0.25) is 0 Å². The molecule has 0 aliphatic carbocycles. The van der Waals surface area contributed by atoms with E-state index in [9.17, 15) is 4.79 Å². The van der Waals surface area contributed by atoms with Crippen molar-refractivity contribution in [3.8, 4) is 5.69 Å². The van der Waals surface area contributed by atoms with Crippen molar-refractivity contribution in [2.75, 3.05) is 0 Å². The van der Waals surface area contributed by atoms with E-state index in [-0.39, 0.29) is 5.43 Å². The Morgan fingerprint density at radius 2 is 2.15 bits per heavy atom. The van der Waals surface area contributed by atoms with Gasteiger partial charge in [-0.3, -0.25) is 9.48 Å². The number of aromatic nitrogens is 4. The molecule has 0 bridgehead atoms. The van der Waals surface area contributed by atoms with Gasteiger partial charge in [0.15, 0.2) is 5.43 Å². The van der Waals surface area contributed by atoms with Crippen molar-refractivity contribution in [3.05, 3.63) is 41.1 Å². The van der Waals surface area contributed by atoms with E-state index >= 15 is 0 Å². The molecule has 0 saturated carbocycles. The summed E-state index contributed by atoms with van der Waals surface area (Å²) >= 11 is 0. The topological polar surface area (TPSA) is 52.7 Å². The van der Waals surface area contributed by atoms with Gasteiger partial charge in [-0.05, 0) is 0 Å². The lowest BCUT2D eigenvalue weighted by Gasteiger charge is -1.97. The third-order valence-electron chi connectivity index (χ3n) is 1.65. The van der Waals surface area contributed by atoms with Crippen LogP contribution in [0.5, 0.6) is 0 Å². The van der Waals surface area contributed by atoms with E-state index < -0.39 is 0 Å². The van der Waals surface area contributed by atoms with E-state index in [0.29, 0.717) is 0 Å². The first-order chi connectivity index (χ1) is 6.25. The van der Waals surface area contributed by atoms with Crippen LogP contribution in [0.1, 0.15) is 0 Å². The molecule has 2 heterocycles. The van der Waals surface area contributed by atoms with Crippen molar-refractivity contribution in [2.45, 2.75) is 0 Å². The quantitative estimate of drug-likeness (QED) is 0.613. The number of hydrogen-bond acceptors (Lipinski definition) is 3. The lowest BCUT2D eigenvalue weighted by atomic mass is 10.5. The summed E-state index contributed by atoms with van der Waals surface area (Å²) in [5.41, 5.74) is 0.739. The minimum absolute atomic E-state index is 0.0971. The predicted octanol–water partition coefficient (Wildman–Crippen LogP) is -0.0340. The molecule has 2 aromatic heterocycles. The van der Waals surface area contributed by atoms with E-state index in [2.05, 4.69) is 10.2 Å². The molecular formula is C8H8N4O. The van der Waals surface area contributed by atoms with Crippen molar-refractivity contribution in [2.24, 2.45) is 7.05 Å². The van der Waals surface area contributed by atoms with Gasteiger partial charge in [-0.1, -0.05) is 0 Å². The lowest BCUT2D eigenvalue weighted by Crippen LogP contribution is -2.05. The van der Waals surface area contributed by atoms with Crippen LogP contribution >= 0.6 is 0 Å². The van der Waals surface area contributed by atoms with Gasteiger partial charge in [-0.2, -0.15) is 10.2 Å². The van der Waals surface area contributed by atoms with Crippen LogP contribution in [0.25, 0.3) is 5.69 Å². The molecule has 0 atom stereocenters. The molecule has 0 aliphatic heterocycles. The fraction of sp³-hybridized carbons (Fsp3) is 0.125. The molecule has 66 valence electrons. The minimum Gasteiger partial charge on any atom is -0.288 e. The second kappa shape index (κ2) is 2.85. The van der Waals surface area contributed by atoms with Crippen LogP contribution in [0.4, 0.5) is 0 Å². The van der Waals surface area contributed by atoms with Crippen molar-refractivity contribution in [3.63, 3.8) is 0 Å². The molecule has 0 aromatic carbocycles. The van der Waals surface area contributed by atoms with Crippen LogP contribution in [0.3, 0.4) is 0 Å². The van der Waals surface area contributed by atoms with Gasteiger partial charge in [0.25, 0.3) is 0 Å². The lowest BCUT2D eigenvalue weighted by molar-refractivity contribution is 0.765. The highest BCUT2D eigenvalue weighted by molar-refractivity contribution is 5.22. The predicted molar refractivity (Wildman–Crippen MR) is 46.6 cm³/mol. The van der Waals surface area contributed by atoms with E-state index in [1.807, 2.05) is 13.2 Å². The first-order valence-electron chi connectivity index (χ1n) is 3.80. The van der Waals surface area contributed by atoms with Crippen molar-refractivity contribution in [1.82, 2.24) is 19.6 Å². The number of nitrogens with zero attached hydrogens (tertiary/aromatic N) is 4. The van der Waals surface area contributed by atoms with Gasteiger partial charge >= 0.3 is 0 Å². The Hall–Kier alpha value is -1.91. The van der Waals surface area contributed by atoms with E-state index in [1.165, 1.54) is 12.3 Å². The summed E-state index contributed by atoms with van der Waals surface area (Å²) in [6, 6.07) is 1.46. The molecule has 0 N–H and O–H groups in total. The van der Waals surface area contributed by atoms with Gasteiger partial charge < -0.3 is 0 Å². The normalized spacial score (nSPS) is 10.2. The van der Waals surface area contributed by atoms with Crippen LogP contribution in [0.15, 0.2) is 35.6 Å². The summed E-state index contributed by atoms with van der Waals surface area (Å²) in [6.07, 6.45) is 6.38. The summed E-state index contributed by atoms with van der Waals surface area (Å²) in [6.45, 7) is 0. The molecule has 0 amide bonds. The minimum atomic E-state index is -0.0971. The Bertz CT molecular complexity index is 450. The highest BCUT2D eigenvalue weighted by Gasteiger charge is 1.96. The third kappa shape index (κ3) is 1.48. The molecule has 5 heteroatoms. The molecule has 0 radical (unpaired) electrons. The van der Waals surface area contributed by atoms with Gasteiger partial charge in [0.1, 0.15) is 5.69 Å². The zero-order chi connectivity index (χ0) is 9.26. The molecule has 0 spiro atoms. The zero-order valence-corrected chi connectivity index (χ0v) is 7.08. The maximum Gasteiger partial charge on any atom is 0.200 e. The van der Waals surface area contributed by atoms with E-state index in [4.69, 9.17) is 0 Å². The van der Waals surface area contributed by atoms with Gasteiger partial charge in [-0.15, -0.1) is 0 Å². The first-order valence-corrected chi connectivity index (χ1v) is 3.80. The summed E-state index contributed by atoms with van der Waals surface area (Å²) < 4.78 is 3.27. The second-order valence-corrected chi connectivity index (χ2v) is 2.68. The molecule has 0 unspecified atom stereocenters. The third-order valence-corrected chi connectivity index (χ3v) is 1.65. The molecule has 0 aliphatic rings. The highest BCUT2D eigenvalue weighted by atomic mass is 16.1. The standard InChI is InChI=1S/C8H8N4O/c1-11-6-7(4-9-11)12-3-2-8(13)5-10-12/h2-6H,1H3. The fourth-order valence-electron chi connectivity index (χ4n) is 1.02. The highest BCUT2D eigenvalue weighted by Crippen LogP contribution is 2.00. The van der Waals surface area contributed by atoms with E-state index in [1.54, 1.807) is 21.8 Å². The van der Waals surface area contributed by atoms with E-state index in [0.717, 1.165) is 5.69 Å². The largest absolute Gasteiger partial charge is 0.288 e. The van der Waals surface area contributed by atoms with Gasteiger partial charge in [-0.25, -0.2) is 4.68 Å². The van der Waals surface area contributed by atoms with Crippen LogP contribution in [0, 0.1) is 0 Å². The Balaban J connectivity index is 2.47. The summed E-state index contributed by atoms with van der Waals surface area (Å²) in [4.78, 5) is 10.8. The van der Waals surface area contributed by atoms with Crippen LogP contribution in [-0.2, 0) is 7.05 Å². The van der Waals surface area contributed by atoms with Crippen molar-refractivity contribution in [1.29, 1.82) is 0 Å². The Morgan fingerprint density at radius 1 is 1.31 bits per heavy atom. The van der Waals surface area contributed by atoms with Crippen LogP contribution in [-0.4, -0.2) is 19.6 Å². The Labute approximate surface area is 74.2 Å². The van der Waals surface area contributed by atoms with Gasteiger partial charge in [0.05, 0.1) is 18.6 Å². The average molecular weight is 176 g/mol. The first kappa shape index (κ1) is 7.72. The molecular weight excluding hydrogens is 168 g/mol. The van der Waals surface area contributed by atoms with Crippen molar-refractivity contribution < 1.29 is 0 Å². The zero-order valence-electron chi connectivity index (χ0n) is 7.08. The summed E-state index contributed by atoms with van der Waals surface area (Å²) in [5, 5.41) is 7.91. The Morgan fingerprint density at radius 3 is 2.69 bits per heavy atom. The molecule has 5 nitrogen and oxygen atoms in total. The monoisotopic (exact) mass is 176 g/mol. The van der Waals surface area contributed by atoms with Crippen molar-refractivity contribution >= 4 is 0 Å². The smallest absolute Gasteiger partial charge is 0.200 e. The number of rotatable bonds is 1. The van der Waals surface area contributed by atoms with Crippen LogP contribution < -0.4 is 5.43 Å². The molecule has 2 aromatic rings. The molecule has 0 fully saturated rings. The van der Waals surface area contributed by atoms with Gasteiger partial charge in [0, 0.05) is 19.3 Å². The SMILES string of the molecule is Cn1cc(-n2ccc(=O)cn2)cn1. The second-order valence-electron chi connectivity index (χ2n) is 2.68. The van der Waals surface area contributed by atoms with Crippen LogP contribution in [0.2, 0.25) is 0 Å². The maximum atomic E-state index is 10.8. The summed E-state index contributed by atoms with van der Waals surface area (Å²) in [7, 11) is 1.83. The average Bonchev–Trinajstić information content (AvgIpc) is 2.53. The Kier molecular flexibility index (Phi) is 1.70. The molecule has 0 saturated heterocycles. The number of hydrogen-bond donors (Lipinski definition) is 0. The molecule has 2 rings (SSSR count).